The summed E-state index contributed by atoms with van der Waals surface area (Å²) in [5.41, 5.74) is 0.783. The summed E-state index contributed by atoms with van der Waals surface area (Å²) >= 11 is 0. The molecule has 0 aliphatic carbocycles. The number of hydrogen-bond donors (Lipinski definition) is 3. The van der Waals surface area contributed by atoms with Crippen molar-refractivity contribution >= 4 is 11.5 Å². The van der Waals surface area contributed by atoms with Crippen LogP contribution in [-0.2, 0) is 0 Å². The van der Waals surface area contributed by atoms with E-state index in [1.165, 1.54) is 6.07 Å². The number of piperidine rings is 1. The molecule has 2 aromatic heterocycles. The van der Waals surface area contributed by atoms with Crippen LogP contribution in [0.2, 0.25) is 0 Å². The highest BCUT2D eigenvalue weighted by Gasteiger charge is 2.29. The van der Waals surface area contributed by atoms with Crippen LogP contribution in [0.4, 0.5) is 10.2 Å². The van der Waals surface area contributed by atoms with E-state index in [0.717, 1.165) is 19.4 Å². The molecule has 1 atom stereocenters. The molecule has 1 aliphatic heterocycles. The van der Waals surface area contributed by atoms with Crippen LogP contribution in [0.15, 0.2) is 42.6 Å². The zero-order valence-corrected chi connectivity index (χ0v) is 13.7. The van der Waals surface area contributed by atoms with Crippen molar-refractivity contribution in [2.24, 2.45) is 0 Å². The Balaban J connectivity index is 1.68. The molecule has 7 heteroatoms. The molecule has 3 N–H and O–H groups in total. The van der Waals surface area contributed by atoms with Gasteiger partial charge in [-0.25, -0.2) is 9.37 Å². The summed E-state index contributed by atoms with van der Waals surface area (Å²) in [4.78, 5) is 4.48. The molecule has 0 spiro atoms. The number of aliphatic hydroxyl groups is 1. The standard InChI is InChI=1S/C18H20FN5O/c19-14-5-2-1-4-13(14)15-10-17(24-16(23-15)6-9-22-24)21-12-18(25)7-3-8-20-11-18/h1-2,4-6,9-10,20-21,25H,3,7-8,11-12H2/t18-/m1/s1. The van der Waals surface area contributed by atoms with Crippen molar-refractivity contribution in [3.8, 4) is 11.3 Å². The third-order valence-electron chi connectivity index (χ3n) is 4.56. The van der Waals surface area contributed by atoms with Crippen molar-refractivity contribution in [3.05, 3.63) is 48.4 Å². The van der Waals surface area contributed by atoms with Gasteiger partial charge in [0.1, 0.15) is 11.6 Å². The minimum Gasteiger partial charge on any atom is -0.387 e. The molecular weight excluding hydrogens is 321 g/mol. The van der Waals surface area contributed by atoms with Crippen LogP contribution >= 0.6 is 0 Å². The summed E-state index contributed by atoms with van der Waals surface area (Å²) in [6.45, 7) is 1.86. The van der Waals surface area contributed by atoms with Gasteiger partial charge in [-0.3, -0.25) is 0 Å². The number of nitrogens with one attached hydrogen (secondary N) is 2. The second kappa shape index (κ2) is 6.42. The Morgan fingerprint density at radius 1 is 1.32 bits per heavy atom. The highest BCUT2D eigenvalue weighted by Crippen LogP contribution is 2.25. The van der Waals surface area contributed by atoms with Gasteiger partial charge in [-0.2, -0.15) is 9.61 Å². The van der Waals surface area contributed by atoms with Gasteiger partial charge >= 0.3 is 0 Å². The molecule has 3 aromatic rings. The van der Waals surface area contributed by atoms with E-state index in [1.54, 1.807) is 41.0 Å². The van der Waals surface area contributed by atoms with E-state index in [2.05, 4.69) is 20.7 Å². The first kappa shape index (κ1) is 16.0. The lowest BCUT2D eigenvalue weighted by atomic mass is 9.94. The molecule has 1 aromatic carbocycles. The molecule has 130 valence electrons. The summed E-state index contributed by atoms with van der Waals surface area (Å²) in [5.74, 6) is 0.354. The minimum absolute atomic E-state index is 0.320. The number of rotatable bonds is 4. The molecule has 1 fully saturated rings. The quantitative estimate of drug-likeness (QED) is 0.677. The largest absolute Gasteiger partial charge is 0.387 e. The van der Waals surface area contributed by atoms with Crippen molar-refractivity contribution in [1.29, 1.82) is 0 Å². The van der Waals surface area contributed by atoms with Crippen LogP contribution in [0.5, 0.6) is 0 Å². The zero-order valence-electron chi connectivity index (χ0n) is 13.7. The molecule has 25 heavy (non-hydrogen) atoms. The van der Waals surface area contributed by atoms with E-state index >= 15 is 0 Å². The Kier molecular flexibility index (Phi) is 4.10. The van der Waals surface area contributed by atoms with Gasteiger partial charge in [0.2, 0.25) is 0 Å². The summed E-state index contributed by atoms with van der Waals surface area (Å²) in [5, 5.41) is 21.4. The van der Waals surface area contributed by atoms with E-state index in [0.29, 0.717) is 35.8 Å². The maximum atomic E-state index is 14.1. The lowest BCUT2D eigenvalue weighted by molar-refractivity contribution is 0.0291. The fraction of sp³-hybridized carbons (Fsp3) is 0.333. The second-order valence-corrected chi connectivity index (χ2v) is 6.47. The monoisotopic (exact) mass is 341 g/mol. The SMILES string of the molecule is O[C@]1(CNc2cc(-c3ccccc3F)nc3ccnn23)CCCNC1. The first-order valence-electron chi connectivity index (χ1n) is 8.41. The number of β-amino-alcohol motifs (C(OH)–C–C–N with tert-alkyl or cyclic N) is 1. The van der Waals surface area contributed by atoms with Gasteiger partial charge in [0, 0.05) is 30.8 Å². The van der Waals surface area contributed by atoms with Crippen molar-refractivity contribution < 1.29 is 9.50 Å². The molecule has 1 aliphatic rings. The van der Waals surface area contributed by atoms with E-state index in [4.69, 9.17) is 0 Å². The third kappa shape index (κ3) is 3.20. The molecular formula is C18H20FN5O. The van der Waals surface area contributed by atoms with Crippen molar-refractivity contribution in [1.82, 2.24) is 19.9 Å². The molecule has 6 nitrogen and oxygen atoms in total. The molecule has 4 rings (SSSR count). The van der Waals surface area contributed by atoms with Crippen LogP contribution in [-0.4, -0.2) is 44.9 Å². The second-order valence-electron chi connectivity index (χ2n) is 6.47. The minimum atomic E-state index is -0.806. The van der Waals surface area contributed by atoms with Gasteiger partial charge in [0.25, 0.3) is 0 Å². The molecule has 1 saturated heterocycles. The van der Waals surface area contributed by atoms with Crippen LogP contribution in [0.1, 0.15) is 12.8 Å². The summed E-state index contributed by atoms with van der Waals surface area (Å²) in [6.07, 6.45) is 3.32. The van der Waals surface area contributed by atoms with Crippen molar-refractivity contribution in [2.45, 2.75) is 18.4 Å². The normalized spacial score (nSPS) is 20.7. The number of hydrogen-bond acceptors (Lipinski definition) is 5. The number of nitrogens with zero attached hydrogens (tertiary/aromatic N) is 3. The topological polar surface area (TPSA) is 74.5 Å². The Bertz CT molecular complexity index is 888. The summed E-state index contributed by atoms with van der Waals surface area (Å²) in [6, 6.07) is 10.1. The number of benzene rings is 1. The lowest BCUT2D eigenvalue weighted by Gasteiger charge is -2.33. The Hall–Kier alpha value is -2.51. The predicted octanol–water partition coefficient (Wildman–Crippen LogP) is 2.06. The lowest BCUT2D eigenvalue weighted by Crippen LogP contribution is -2.50. The Morgan fingerprint density at radius 3 is 3.00 bits per heavy atom. The van der Waals surface area contributed by atoms with E-state index < -0.39 is 5.60 Å². The van der Waals surface area contributed by atoms with Gasteiger partial charge in [-0.05, 0) is 31.5 Å². The molecule has 3 heterocycles. The maximum absolute atomic E-state index is 14.1. The van der Waals surface area contributed by atoms with Crippen molar-refractivity contribution in [3.63, 3.8) is 0 Å². The number of fused-ring (bicyclic) bond motifs is 1. The molecule has 0 saturated carbocycles. The molecule has 0 amide bonds. The molecule has 0 radical (unpaired) electrons. The Morgan fingerprint density at radius 2 is 2.20 bits per heavy atom. The maximum Gasteiger partial charge on any atom is 0.157 e. The Labute approximate surface area is 144 Å². The van der Waals surface area contributed by atoms with Gasteiger partial charge in [-0.1, -0.05) is 12.1 Å². The van der Waals surface area contributed by atoms with Crippen LogP contribution < -0.4 is 10.6 Å². The highest BCUT2D eigenvalue weighted by atomic mass is 19.1. The van der Waals surface area contributed by atoms with Gasteiger partial charge < -0.3 is 15.7 Å². The van der Waals surface area contributed by atoms with Crippen LogP contribution in [0.3, 0.4) is 0 Å². The third-order valence-corrected chi connectivity index (χ3v) is 4.56. The van der Waals surface area contributed by atoms with Crippen molar-refractivity contribution in [2.75, 3.05) is 25.0 Å². The summed E-state index contributed by atoms with van der Waals surface area (Å²) in [7, 11) is 0. The first-order valence-corrected chi connectivity index (χ1v) is 8.41. The first-order chi connectivity index (χ1) is 12.1. The van der Waals surface area contributed by atoms with E-state index in [1.807, 2.05) is 0 Å². The van der Waals surface area contributed by atoms with Gasteiger partial charge in [-0.15, -0.1) is 0 Å². The number of halogens is 1. The molecule has 0 bridgehead atoms. The number of anilines is 1. The van der Waals surface area contributed by atoms with E-state index in [9.17, 15) is 9.50 Å². The predicted molar refractivity (Wildman–Crippen MR) is 93.9 cm³/mol. The number of aromatic nitrogens is 3. The van der Waals surface area contributed by atoms with Crippen LogP contribution in [0, 0.1) is 5.82 Å². The highest BCUT2D eigenvalue weighted by molar-refractivity contribution is 5.66. The molecule has 0 unspecified atom stereocenters. The fourth-order valence-corrected chi connectivity index (χ4v) is 3.20. The summed E-state index contributed by atoms with van der Waals surface area (Å²) < 4.78 is 15.8. The van der Waals surface area contributed by atoms with Gasteiger partial charge in [0.05, 0.1) is 17.5 Å². The average molecular weight is 341 g/mol. The average Bonchev–Trinajstić information content (AvgIpc) is 3.09. The smallest absolute Gasteiger partial charge is 0.157 e. The van der Waals surface area contributed by atoms with Crippen LogP contribution in [0.25, 0.3) is 16.9 Å². The van der Waals surface area contributed by atoms with Gasteiger partial charge in [0.15, 0.2) is 5.65 Å². The van der Waals surface area contributed by atoms with E-state index in [-0.39, 0.29) is 5.82 Å². The fourth-order valence-electron chi connectivity index (χ4n) is 3.20. The zero-order chi connectivity index (χ0) is 17.3.